The Hall–Kier alpha value is -2.93. The summed E-state index contributed by atoms with van der Waals surface area (Å²) < 4.78 is 0. The van der Waals surface area contributed by atoms with Gasteiger partial charge in [-0.05, 0) is 42.1 Å². The van der Waals surface area contributed by atoms with Crippen molar-refractivity contribution in [2.45, 2.75) is 6.92 Å². The summed E-state index contributed by atoms with van der Waals surface area (Å²) in [5.41, 5.74) is 1.80. The Labute approximate surface area is 142 Å². The van der Waals surface area contributed by atoms with Crippen LogP contribution in [-0.4, -0.2) is 29.3 Å². The van der Waals surface area contributed by atoms with Gasteiger partial charge in [0.2, 0.25) is 5.91 Å². The van der Waals surface area contributed by atoms with Crippen LogP contribution in [0.3, 0.4) is 0 Å². The minimum Gasteiger partial charge on any atom is -0.325 e. The molecule has 1 fully saturated rings. The van der Waals surface area contributed by atoms with E-state index in [1.165, 1.54) is 11.3 Å². The Morgan fingerprint density at radius 3 is 2.83 bits per heavy atom. The van der Waals surface area contributed by atoms with Crippen LogP contribution >= 0.6 is 11.3 Å². The summed E-state index contributed by atoms with van der Waals surface area (Å²) in [6.45, 7) is 1.58. The van der Waals surface area contributed by atoms with E-state index in [4.69, 9.17) is 0 Å². The number of hydrogen-bond donors (Lipinski definition) is 2. The van der Waals surface area contributed by atoms with E-state index in [2.05, 4.69) is 10.6 Å². The molecular weight excluding hydrogens is 326 g/mol. The number of urea groups is 1. The summed E-state index contributed by atoms with van der Waals surface area (Å²) in [4.78, 5) is 38.1. The van der Waals surface area contributed by atoms with Crippen molar-refractivity contribution < 1.29 is 14.4 Å². The second-order valence-electron chi connectivity index (χ2n) is 5.31. The van der Waals surface area contributed by atoms with Crippen molar-refractivity contribution in [1.29, 1.82) is 0 Å². The lowest BCUT2D eigenvalue weighted by atomic mass is 10.2. The molecule has 122 valence electrons. The van der Waals surface area contributed by atoms with E-state index in [1.807, 2.05) is 42.6 Å². The first kappa shape index (κ1) is 15.9. The molecule has 3 rings (SSSR count). The van der Waals surface area contributed by atoms with Crippen LogP contribution < -0.4 is 10.6 Å². The predicted octanol–water partition coefficient (Wildman–Crippen LogP) is 2.59. The van der Waals surface area contributed by atoms with E-state index in [0.29, 0.717) is 5.69 Å². The second-order valence-corrected chi connectivity index (χ2v) is 6.29. The van der Waals surface area contributed by atoms with E-state index in [0.717, 1.165) is 15.3 Å². The first-order valence-electron chi connectivity index (χ1n) is 7.27. The van der Waals surface area contributed by atoms with Crippen LogP contribution in [0.15, 0.2) is 47.5 Å². The molecule has 0 saturated carbocycles. The number of thiophene rings is 1. The molecule has 0 radical (unpaired) electrons. The van der Waals surface area contributed by atoms with E-state index >= 15 is 0 Å². The third-order valence-corrected chi connectivity index (χ3v) is 4.21. The number of nitrogens with zero attached hydrogens (tertiary/aromatic N) is 1. The first-order valence-corrected chi connectivity index (χ1v) is 8.15. The molecule has 0 atom stereocenters. The van der Waals surface area contributed by atoms with E-state index in [9.17, 15) is 14.4 Å². The third kappa shape index (κ3) is 3.52. The number of anilines is 1. The lowest BCUT2D eigenvalue weighted by Crippen LogP contribution is -2.38. The molecule has 1 aliphatic heterocycles. The van der Waals surface area contributed by atoms with Gasteiger partial charge in [-0.2, -0.15) is 0 Å². The molecule has 7 heteroatoms. The van der Waals surface area contributed by atoms with E-state index < -0.39 is 17.8 Å². The number of carbonyl (C=O) groups is 3. The second kappa shape index (κ2) is 6.67. The lowest BCUT2D eigenvalue weighted by Gasteiger charge is -2.12. The Kier molecular flexibility index (Phi) is 4.43. The highest BCUT2D eigenvalue weighted by atomic mass is 32.1. The quantitative estimate of drug-likeness (QED) is 0.663. The van der Waals surface area contributed by atoms with E-state index in [-0.39, 0.29) is 12.2 Å². The molecule has 1 aromatic carbocycles. The largest absolute Gasteiger partial charge is 0.329 e. The van der Waals surface area contributed by atoms with Gasteiger partial charge >= 0.3 is 6.03 Å². The smallest absolute Gasteiger partial charge is 0.325 e. The first-order chi connectivity index (χ1) is 11.5. The highest BCUT2D eigenvalue weighted by Crippen LogP contribution is 2.17. The number of amides is 4. The topological polar surface area (TPSA) is 78.5 Å². The van der Waals surface area contributed by atoms with Gasteiger partial charge in [0.1, 0.15) is 12.2 Å². The molecule has 0 bridgehead atoms. The van der Waals surface area contributed by atoms with Crippen LogP contribution in [0.2, 0.25) is 0 Å². The number of aryl methyl sites for hydroxylation is 1. The van der Waals surface area contributed by atoms with Crippen molar-refractivity contribution in [3.05, 3.63) is 57.9 Å². The molecule has 24 heavy (non-hydrogen) atoms. The number of nitrogens with one attached hydrogen (secondary N) is 2. The molecular formula is C17H15N3O3S. The number of imide groups is 1. The number of benzene rings is 1. The van der Waals surface area contributed by atoms with Gasteiger partial charge in [-0.1, -0.05) is 18.2 Å². The number of rotatable bonds is 4. The molecule has 6 nitrogen and oxygen atoms in total. The van der Waals surface area contributed by atoms with Crippen molar-refractivity contribution in [3.63, 3.8) is 0 Å². The zero-order chi connectivity index (χ0) is 17.1. The molecule has 2 N–H and O–H groups in total. The van der Waals surface area contributed by atoms with Gasteiger partial charge < -0.3 is 10.6 Å². The monoisotopic (exact) mass is 341 g/mol. The Bertz CT molecular complexity index is 827. The molecule has 4 amide bonds. The fraction of sp³-hybridized carbons (Fsp3) is 0.118. The molecule has 0 aliphatic carbocycles. The average molecular weight is 341 g/mol. The zero-order valence-electron chi connectivity index (χ0n) is 12.9. The van der Waals surface area contributed by atoms with Crippen LogP contribution in [0, 0.1) is 6.92 Å². The van der Waals surface area contributed by atoms with Crippen LogP contribution in [0.4, 0.5) is 10.5 Å². The van der Waals surface area contributed by atoms with Gasteiger partial charge in [0.05, 0.1) is 0 Å². The third-order valence-electron chi connectivity index (χ3n) is 3.40. The predicted molar refractivity (Wildman–Crippen MR) is 92.3 cm³/mol. The number of hydrogen-bond acceptors (Lipinski definition) is 4. The summed E-state index contributed by atoms with van der Waals surface area (Å²) >= 11 is 1.45. The van der Waals surface area contributed by atoms with Gasteiger partial charge in [0.15, 0.2) is 0 Å². The molecule has 2 heterocycles. The molecule has 0 unspecified atom stereocenters. The Balaban J connectivity index is 1.67. The normalized spacial score (nSPS) is 15.7. The van der Waals surface area contributed by atoms with Gasteiger partial charge in [-0.3, -0.25) is 9.59 Å². The maximum Gasteiger partial charge on any atom is 0.329 e. The lowest BCUT2D eigenvalue weighted by molar-refractivity contribution is -0.127. The van der Waals surface area contributed by atoms with Gasteiger partial charge in [-0.25, -0.2) is 9.69 Å². The molecule has 1 aliphatic rings. The fourth-order valence-corrected chi connectivity index (χ4v) is 2.96. The van der Waals surface area contributed by atoms with Crippen molar-refractivity contribution in [1.82, 2.24) is 10.2 Å². The van der Waals surface area contributed by atoms with Crippen molar-refractivity contribution in [2.75, 3.05) is 11.9 Å². The van der Waals surface area contributed by atoms with Crippen molar-refractivity contribution >= 4 is 40.9 Å². The fourth-order valence-electron chi connectivity index (χ4n) is 2.30. The summed E-state index contributed by atoms with van der Waals surface area (Å²) in [6, 6.07) is 10.4. The maximum atomic E-state index is 12.3. The standard InChI is InChI=1S/C17H15N3O3S/c1-11-4-2-5-12(8-11)18-15(21)10-20-16(22)14(19-17(20)23)9-13-6-3-7-24-13/h2-9H,10H2,1H3,(H,18,21)(H,19,23)/b14-9-. The van der Waals surface area contributed by atoms with Gasteiger partial charge in [0.25, 0.3) is 5.91 Å². The SMILES string of the molecule is Cc1cccc(NC(=O)CN2C(=O)N/C(=C\c3cccs3)C2=O)c1. The minimum absolute atomic E-state index is 0.172. The maximum absolute atomic E-state index is 12.3. The Morgan fingerprint density at radius 1 is 1.29 bits per heavy atom. The summed E-state index contributed by atoms with van der Waals surface area (Å²) in [7, 11) is 0. The molecule has 0 spiro atoms. The van der Waals surface area contributed by atoms with Crippen LogP contribution in [-0.2, 0) is 9.59 Å². The number of carbonyl (C=O) groups excluding carboxylic acids is 3. The zero-order valence-corrected chi connectivity index (χ0v) is 13.7. The highest BCUT2D eigenvalue weighted by Gasteiger charge is 2.34. The van der Waals surface area contributed by atoms with Crippen LogP contribution in [0.1, 0.15) is 10.4 Å². The highest BCUT2D eigenvalue weighted by molar-refractivity contribution is 7.10. The molecule has 1 aromatic heterocycles. The minimum atomic E-state index is -0.595. The summed E-state index contributed by atoms with van der Waals surface area (Å²) in [5, 5.41) is 7.05. The summed E-state index contributed by atoms with van der Waals surface area (Å²) in [6.07, 6.45) is 1.60. The van der Waals surface area contributed by atoms with Crippen LogP contribution in [0.25, 0.3) is 6.08 Å². The Morgan fingerprint density at radius 2 is 2.12 bits per heavy atom. The van der Waals surface area contributed by atoms with E-state index in [1.54, 1.807) is 12.1 Å². The molecule has 1 saturated heterocycles. The van der Waals surface area contributed by atoms with Gasteiger partial charge in [-0.15, -0.1) is 11.3 Å². The van der Waals surface area contributed by atoms with Crippen molar-refractivity contribution in [3.8, 4) is 0 Å². The summed E-state index contributed by atoms with van der Waals surface area (Å²) in [5.74, 6) is -0.936. The van der Waals surface area contributed by atoms with Crippen LogP contribution in [0.5, 0.6) is 0 Å². The average Bonchev–Trinajstić information content (AvgIpc) is 3.12. The molecule has 2 aromatic rings. The van der Waals surface area contributed by atoms with Gasteiger partial charge in [0, 0.05) is 10.6 Å². The van der Waals surface area contributed by atoms with Crippen molar-refractivity contribution in [2.24, 2.45) is 0 Å².